The molecule has 48 heavy (non-hydrogen) atoms. The van der Waals surface area contributed by atoms with Gasteiger partial charge in [0.1, 0.15) is 12.6 Å². The van der Waals surface area contributed by atoms with Crippen LogP contribution in [0.5, 0.6) is 0 Å². The molecular weight excluding hydrogens is 606 g/mol. The van der Waals surface area contributed by atoms with E-state index in [1.165, 1.54) is 12.8 Å². The molecule has 0 heterocycles. The third-order valence-electron chi connectivity index (χ3n) is 7.17. The van der Waals surface area contributed by atoms with Gasteiger partial charge in [0, 0.05) is 19.3 Å². The monoisotopic (exact) mass is 669 g/mol. The van der Waals surface area contributed by atoms with Crippen LogP contribution in [0.2, 0.25) is 0 Å². The number of rotatable bonds is 29. The van der Waals surface area contributed by atoms with Crippen LogP contribution in [-0.2, 0) is 28.6 Å². The van der Waals surface area contributed by atoms with Crippen LogP contribution < -0.4 is 5.11 Å². The van der Waals surface area contributed by atoms with Crippen LogP contribution in [-0.4, -0.2) is 75.5 Å². The Kier molecular flexibility index (Phi) is 28.6. The highest BCUT2D eigenvalue weighted by Crippen LogP contribution is 2.10. The van der Waals surface area contributed by atoms with Crippen molar-refractivity contribution in [3.05, 3.63) is 85.1 Å². The highest BCUT2D eigenvalue weighted by atomic mass is 16.6. The van der Waals surface area contributed by atoms with E-state index >= 15 is 0 Å². The summed E-state index contributed by atoms with van der Waals surface area (Å²) >= 11 is 0. The summed E-state index contributed by atoms with van der Waals surface area (Å²) in [5, 5.41) is 11.5. The minimum Gasteiger partial charge on any atom is -0.544 e. The van der Waals surface area contributed by atoms with Gasteiger partial charge in [-0.1, -0.05) is 118 Å². The highest BCUT2D eigenvalue weighted by Gasteiger charge is 2.25. The first kappa shape index (κ1) is 44.5. The number of carboxylic acids is 1. The van der Waals surface area contributed by atoms with Gasteiger partial charge in [-0.05, 0) is 44.9 Å². The van der Waals surface area contributed by atoms with E-state index < -0.39 is 18.1 Å². The van der Waals surface area contributed by atoms with Crippen molar-refractivity contribution in [1.82, 2.24) is 0 Å². The van der Waals surface area contributed by atoms with Crippen molar-refractivity contribution < 1.29 is 38.2 Å². The topological polar surface area (TPSA) is 102 Å². The van der Waals surface area contributed by atoms with Crippen molar-refractivity contribution in [3.63, 3.8) is 0 Å². The molecule has 0 bridgehead atoms. The van der Waals surface area contributed by atoms with E-state index in [0.29, 0.717) is 12.8 Å². The number of ether oxygens (including phenoxy) is 3. The number of carboxylic acid groups (broad SMARTS) is 1. The zero-order chi connectivity index (χ0) is 35.7. The number of unbranched alkanes of at least 4 members (excludes halogenated alkanes) is 6. The molecule has 0 rings (SSSR count). The molecule has 0 aromatic carbocycles. The number of carbonyl (C=O) groups excluding carboxylic acids is 3. The van der Waals surface area contributed by atoms with E-state index in [4.69, 9.17) is 14.2 Å². The number of likely N-dealkylation sites (N-methyl/N-ethyl adjacent to an activating group) is 1. The third kappa shape index (κ3) is 28.7. The molecule has 2 atom stereocenters. The third-order valence-corrected chi connectivity index (χ3v) is 7.17. The summed E-state index contributed by atoms with van der Waals surface area (Å²) in [5.41, 5.74) is 0. The minimum absolute atomic E-state index is 0.00124. The predicted octanol–water partition coefficient (Wildman–Crippen LogP) is 7.29. The summed E-state index contributed by atoms with van der Waals surface area (Å²) in [4.78, 5) is 36.5. The summed E-state index contributed by atoms with van der Waals surface area (Å²) in [6.07, 6.45) is 37.7. The fourth-order valence-corrected chi connectivity index (χ4v) is 4.37. The fraction of sp³-hybridized carbons (Fsp3) is 0.575. The smallest absolute Gasteiger partial charge is 0.306 e. The highest BCUT2D eigenvalue weighted by molar-refractivity contribution is 5.70. The van der Waals surface area contributed by atoms with E-state index in [1.54, 1.807) is 21.1 Å². The number of nitrogens with zero attached hydrogens (tertiary/aromatic N) is 1. The summed E-state index contributed by atoms with van der Waals surface area (Å²) in [7, 11) is 5.34. The van der Waals surface area contributed by atoms with Crippen LogP contribution in [0.4, 0.5) is 0 Å². The maximum Gasteiger partial charge on any atom is 0.306 e. The molecule has 0 radical (unpaired) electrons. The Morgan fingerprint density at radius 2 is 1.19 bits per heavy atom. The molecule has 0 saturated heterocycles. The van der Waals surface area contributed by atoms with E-state index in [9.17, 15) is 19.5 Å². The largest absolute Gasteiger partial charge is 0.544 e. The van der Waals surface area contributed by atoms with Gasteiger partial charge in [0.05, 0.1) is 40.3 Å². The summed E-state index contributed by atoms with van der Waals surface area (Å²) in [5.74, 6) is -1.89. The molecule has 0 amide bonds. The maximum absolute atomic E-state index is 12.6. The van der Waals surface area contributed by atoms with Crippen molar-refractivity contribution in [1.29, 1.82) is 0 Å². The van der Waals surface area contributed by atoms with Gasteiger partial charge in [-0.15, -0.1) is 0 Å². The minimum atomic E-state index is -1.15. The van der Waals surface area contributed by atoms with Gasteiger partial charge >= 0.3 is 11.9 Å². The lowest BCUT2D eigenvalue weighted by molar-refractivity contribution is -0.889. The van der Waals surface area contributed by atoms with Crippen molar-refractivity contribution in [2.24, 2.45) is 0 Å². The van der Waals surface area contributed by atoms with Crippen LogP contribution in [0.15, 0.2) is 85.1 Å². The van der Waals surface area contributed by atoms with Gasteiger partial charge in [-0.2, -0.15) is 0 Å². The number of hydrogen-bond acceptors (Lipinski definition) is 7. The summed E-state index contributed by atoms with van der Waals surface area (Å²) < 4.78 is 16.9. The van der Waals surface area contributed by atoms with E-state index in [2.05, 4.69) is 44.2 Å². The van der Waals surface area contributed by atoms with Crippen molar-refractivity contribution >= 4 is 17.9 Å². The van der Waals surface area contributed by atoms with Crippen molar-refractivity contribution in [2.75, 3.05) is 41.0 Å². The zero-order valence-electron chi connectivity index (χ0n) is 30.4. The van der Waals surface area contributed by atoms with Gasteiger partial charge in [-0.25, -0.2) is 0 Å². The SMILES string of the molecule is CC/C=C/C=C/C=C/C=C/C=C/CCCC(=O)OCC(COCCC(C(=O)[O-])[N+](C)(C)C)OC(=O)CCCCC/C=C/C=C/CCCC. The quantitative estimate of drug-likeness (QED) is 0.0357. The first-order valence-corrected chi connectivity index (χ1v) is 17.7. The zero-order valence-corrected chi connectivity index (χ0v) is 30.4. The molecule has 0 aliphatic rings. The molecular formula is C40H63NO7. The van der Waals surface area contributed by atoms with Crippen LogP contribution >= 0.6 is 0 Å². The van der Waals surface area contributed by atoms with Crippen molar-refractivity contribution in [2.45, 2.75) is 109 Å². The van der Waals surface area contributed by atoms with Crippen LogP contribution in [0, 0.1) is 0 Å². The Hall–Kier alpha value is -3.49. The molecule has 0 aromatic rings. The number of carbonyl (C=O) groups is 3. The van der Waals surface area contributed by atoms with Gasteiger partial charge in [0.15, 0.2) is 6.10 Å². The Labute approximate surface area is 291 Å². The number of esters is 2. The van der Waals surface area contributed by atoms with Gasteiger partial charge in [-0.3, -0.25) is 9.59 Å². The number of quaternary nitrogens is 1. The average Bonchev–Trinajstić information content (AvgIpc) is 3.03. The van der Waals surface area contributed by atoms with Crippen molar-refractivity contribution in [3.8, 4) is 0 Å². The molecule has 0 aliphatic carbocycles. The maximum atomic E-state index is 12.6. The average molecular weight is 670 g/mol. The van der Waals surface area contributed by atoms with E-state index in [1.807, 2.05) is 54.7 Å². The fourth-order valence-electron chi connectivity index (χ4n) is 4.37. The van der Waals surface area contributed by atoms with Gasteiger partial charge in [0.25, 0.3) is 0 Å². The Morgan fingerprint density at radius 1 is 0.646 bits per heavy atom. The second kappa shape index (κ2) is 30.8. The van der Waals surface area contributed by atoms with Crippen LogP contribution in [0.1, 0.15) is 97.3 Å². The second-order valence-electron chi connectivity index (χ2n) is 12.5. The molecule has 2 unspecified atom stereocenters. The van der Waals surface area contributed by atoms with Crippen LogP contribution in [0.25, 0.3) is 0 Å². The second-order valence-corrected chi connectivity index (χ2v) is 12.5. The van der Waals surface area contributed by atoms with Gasteiger partial charge < -0.3 is 28.6 Å². The van der Waals surface area contributed by atoms with Crippen LogP contribution in [0.3, 0.4) is 0 Å². The molecule has 8 nitrogen and oxygen atoms in total. The Morgan fingerprint density at radius 3 is 1.77 bits per heavy atom. The molecule has 270 valence electrons. The first-order valence-electron chi connectivity index (χ1n) is 17.7. The lowest BCUT2D eigenvalue weighted by Crippen LogP contribution is -2.55. The standard InChI is InChI=1S/C40H63NO7/c1-6-8-10-12-14-16-18-19-21-22-24-26-28-30-38(42)47-35-36(34-46-33-32-37(40(44)45)41(3,4)5)48-39(43)31-29-27-25-23-20-17-15-13-11-9-7-2/h8,10,12-22,24,36-37H,6-7,9,11,23,25-35H2,1-5H3/b10-8+,14-12+,15-13+,18-16+,20-17+,21-19+,24-22+. The normalized spacial score (nSPS) is 14.1. The lowest BCUT2D eigenvalue weighted by atomic mass is 10.1. The molecule has 0 aromatic heterocycles. The number of allylic oxidation sites excluding steroid dienone is 14. The predicted molar refractivity (Wildman–Crippen MR) is 194 cm³/mol. The van der Waals surface area contributed by atoms with E-state index in [0.717, 1.165) is 38.5 Å². The molecule has 0 fully saturated rings. The Balaban J connectivity index is 4.66. The molecule has 0 aliphatic heterocycles. The Bertz CT molecular complexity index is 1060. The number of hydrogen-bond donors (Lipinski definition) is 0. The van der Waals surface area contributed by atoms with E-state index in [-0.39, 0.29) is 55.5 Å². The lowest BCUT2D eigenvalue weighted by Gasteiger charge is -2.34. The molecule has 0 spiro atoms. The first-order chi connectivity index (χ1) is 23.1. The number of aliphatic carboxylic acids is 1. The molecule has 0 saturated carbocycles. The summed E-state index contributed by atoms with van der Waals surface area (Å²) in [6, 6.07) is -0.744. The van der Waals surface area contributed by atoms with Gasteiger partial charge in [0.2, 0.25) is 0 Å². The summed E-state index contributed by atoms with van der Waals surface area (Å²) in [6.45, 7) is 4.30. The molecule has 0 N–H and O–H groups in total. The molecule has 8 heteroatoms.